The molecule has 0 aliphatic carbocycles. The highest BCUT2D eigenvalue weighted by Crippen LogP contribution is 2.35. The van der Waals surface area contributed by atoms with Gasteiger partial charge in [-0.05, 0) is 24.1 Å². The number of hydrogen-bond acceptors (Lipinski definition) is 4. The summed E-state index contributed by atoms with van der Waals surface area (Å²) in [6.45, 7) is 4.29. The molecule has 124 valence electrons. The van der Waals surface area contributed by atoms with Crippen LogP contribution < -0.4 is 15.2 Å². The number of hydrogen-bond donors (Lipinski definition) is 1. The van der Waals surface area contributed by atoms with Crippen molar-refractivity contribution in [1.82, 2.24) is 9.55 Å². The lowest BCUT2D eigenvalue weighted by Gasteiger charge is -2.18. The fraction of sp³-hybridized carbons (Fsp3) is 0.316. The van der Waals surface area contributed by atoms with Crippen LogP contribution in [0.5, 0.6) is 11.5 Å². The van der Waals surface area contributed by atoms with Crippen molar-refractivity contribution in [2.75, 3.05) is 18.9 Å². The van der Waals surface area contributed by atoms with Gasteiger partial charge in [0.1, 0.15) is 19.0 Å². The Balaban J connectivity index is 1.78. The van der Waals surface area contributed by atoms with Crippen molar-refractivity contribution in [2.24, 2.45) is 0 Å². The third-order valence-electron chi connectivity index (χ3n) is 4.28. The summed E-state index contributed by atoms with van der Waals surface area (Å²) >= 11 is 0. The topological polar surface area (TPSA) is 62.3 Å². The molecule has 0 radical (unpaired) electrons. The van der Waals surface area contributed by atoms with E-state index in [-0.39, 0.29) is 0 Å². The standard InChI is InChI=1S/C19H21N3O2/c1-2-7-22-16-12-18-17(23-8-9-24-18)11-15(16)21-19(22)10-13-3-5-14(20)6-4-13/h3-6,11-12H,2,7-10,20H2,1H3. The van der Waals surface area contributed by atoms with E-state index >= 15 is 0 Å². The number of imidazole rings is 1. The van der Waals surface area contributed by atoms with Gasteiger partial charge in [-0.1, -0.05) is 19.1 Å². The number of anilines is 1. The van der Waals surface area contributed by atoms with E-state index in [1.54, 1.807) is 0 Å². The lowest BCUT2D eigenvalue weighted by molar-refractivity contribution is 0.172. The molecule has 2 N–H and O–H groups in total. The molecule has 0 amide bonds. The van der Waals surface area contributed by atoms with Gasteiger partial charge in [0.25, 0.3) is 0 Å². The van der Waals surface area contributed by atoms with Gasteiger partial charge in [-0.2, -0.15) is 0 Å². The first-order valence-electron chi connectivity index (χ1n) is 8.38. The first kappa shape index (κ1) is 14.9. The summed E-state index contributed by atoms with van der Waals surface area (Å²) < 4.78 is 13.7. The fourth-order valence-electron chi connectivity index (χ4n) is 3.14. The van der Waals surface area contributed by atoms with E-state index in [0.717, 1.165) is 53.4 Å². The van der Waals surface area contributed by atoms with Crippen molar-refractivity contribution in [1.29, 1.82) is 0 Å². The molecule has 0 saturated heterocycles. The van der Waals surface area contributed by atoms with E-state index in [1.165, 1.54) is 5.56 Å². The summed E-state index contributed by atoms with van der Waals surface area (Å²) in [5, 5.41) is 0. The molecule has 0 spiro atoms. The predicted molar refractivity (Wildman–Crippen MR) is 94.7 cm³/mol. The van der Waals surface area contributed by atoms with Crippen molar-refractivity contribution in [2.45, 2.75) is 26.3 Å². The van der Waals surface area contributed by atoms with Gasteiger partial charge >= 0.3 is 0 Å². The maximum atomic E-state index is 5.78. The van der Waals surface area contributed by atoms with Crippen LogP contribution in [0.1, 0.15) is 24.7 Å². The normalized spacial score (nSPS) is 13.4. The molecule has 0 unspecified atom stereocenters. The molecule has 5 heteroatoms. The second-order valence-electron chi connectivity index (χ2n) is 6.08. The zero-order chi connectivity index (χ0) is 16.5. The van der Waals surface area contributed by atoms with Crippen LogP contribution in [0.25, 0.3) is 11.0 Å². The highest BCUT2D eigenvalue weighted by atomic mass is 16.6. The molecule has 24 heavy (non-hydrogen) atoms. The van der Waals surface area contributed by atoms with Crippen LogP contribution in [0, 0.1) is 0 Å². The smallest absolute Gasteiger partial charge is 0.163 e. The molecule has 3 aromatic rings. The van der Waals surface area contributed by atoms with Crippen LogP contribution in [0.15, 0.2) is 36.4 Å². The van der Waals surface area contributed by atoms with Crippen LogP contribution in [0.3, 0.4) is 0 Å². The molecule has 0 fully saturated rings. The number of nitrogens with two attached hydrogens (primary N) is 1. The summed E-state index contributed by atoms with van der Waals surface area (Å²) in [6, 6.07) is 12.0. The van der Waals surface area contributed by atoms with Gasteiger partial charge in [0.15, 0.2) is 11.5 Å². The molecule has 1 aliphatic rings. The van der Waals surface area contributed by atoms with Crippen molar-refractivity contribution in [3.05, 3.63) is 47.8 Å². The number of rotatable bonds is 4. The minimum atomic E-state index is 0.590. The van der Waals surface area contributed by atoms with Crippen molar-refractivity contribution in [3.8, 4) is 11.5 Å². The van der Waals surface area contributed by atoms with E-state index < -0.39 is 0 Å². The van der Waals surface area contributed by atoms with Crippen molar-refractivity contribution >= 4 is 16.7 Å². The maximum absolute atomic E-state index is 5.78. The van der Waals surface area contributed by atoms with Crippen LogP contribution >= 0.6 is 0 Å². The second-order valence-corrected chi connectivity index (χ2v) is 6.08. The average Bonchev–Trinajstić information content (AvgIpc) is 2.92. The number of nitrogen functional groups attached to an aromatic ring is 1. The van der Waals surface area contributed by atoms with E-state index in [4.69, 9.17) is 20.2 Å². The van der Waals surface area contributed by atoms with Crippen LogP contribution in [0.4, 0.5) is 5.69 Å². The molecule has 1 aliphatic heterocycles. The van der Waals surface area contributed by atoms with Gasteiger partial charge in [-0.25, -0.2) is 4.98 Å². The molecular formula is C19H21N3O2. The van der Waals surface area contributed by atoms with Gasteiger partial charge in [0, 0.05) is 30.8 Å². The molecule has 4 rings (SSSR count). The van der Waals surface area contributed by atoms with Crippen LogP contribution in [-0.4, -0.2) is 22.8 Å². The number of nitrogens with zero attached hydrogens (tertiary/aromatic N) is 2. The molecule has 0 bridgehead atoms. The summed E-state index contributed by atoms with van der Waals surface area (Å²) in [7, 11) is 0. The van der Waals surface area contributed by atoms with Crippen LogP contribution in [0.2, 0.25) is 0 Å². The third-order valence-corrected chi connectivity index (χ3v) is 4.28. The lowest BCUT2D eigenvalue weighted by atomic mass is 10.1. The summed E-state index contributed by atoms with van der Waals surface area (Å²) in [5.74, 6) is 2.65. The van der Waals surface area contributed by atoms with E-state index in [9.17, 15) is 0 Å². The molecule has 0 atom stereocenters. The quantitative estimate of drug-likeness (QED) is 0.748. The Morgan fingerprint density at radius 3 is 2.50 bits per heavy atom. The largest absolute Gasteiger partial charge is 0.486 e. The summed E-state index contributed by atoms with van der Waals surface area (Å²) in [5.41, 5.74) is 9.82. The Morgan fingerprint density at radius 2 is 1.79 bits per heavy atom. The third kappa shape index (κ3) is 2.66. The maximum Gasteiger partial charge on any atom is 0.163 e. The number of aryl methyl sites for hydroxylation is 1. The number of benzene rings is 2. The highest BCUT2D eigenvalue weighted by Gasteiger charge is 2.18. The first-order valence-corrected chi connectivity index (χ1v) is 8.38. The number of aromatic nitrogens is 2. The molecule has 2 heterocycles. The van der Waals surface area contributed by atoms with Gasteiger partial charge in [0.2, 0.25) is 0 Å². The van der Waals surface area contributed by atoms with Gasteiger partial charge in [-0.3, -0.25) is 0 Å². The monoisotopic (exact) mass is 323 g/mol. The van der Waals surface area contributed by atoms with E-state index in [2.05, 4.69) is 29.7 Å². The zero-order valence-electron chi connectivity index (χ0n) is 13.8. The summed E-state index contributed by atoms with van der Waals surface area (Å²) in [6.07, 6.45) is 1.83. The van der Waals surface area contributed by atoms with Gasteiger partial charge in [-0.15, -0.1) is 0 Å². The van der Waals surface area contributed by atoms with E-state index in [1.807, 2.05) is 18.2 Å². The molecule has 1 aromatic heterocycles. The lowest BCUT2D eigenvalue weighted by Crippen LogP contribution is -2.15. The van der Waals surface area contributed by atoms with Crippen molar-refractivity contribution < 1.29 is 9.47 Å². The summed E-state index contributed by atoms with van der Waals surface area (Å²) in [4.78, 5) is 4.85. The minimum absolute atomic E-state index is 0.590. The molecule has 2 aromatic carbocycles. The van der Waals surface area contributed by atoms with Gasteiger partial charge in [0.05, 0.1) is 11.0 Å². The molecule has 0 saturated carbocycles. The minimum Gasteiger partial charge on any atom is -0.486 e. The van der Waals surface area contributed by atoms with Crippen LogP contribution in [-0.2, 0) is 13.0 Å². The number of ether oxygens (including phenoxy) is 2. The predicted octanol–water partition coefficient (Wildman–Crippen LogP) is 3.39. The fourth-order valence-corrected chi connectivity index (χ4v) is 3.14. The van der Waals surface area contributed by atoms with Crippen molar-refractivity contribution in [3.63, 3.8) is 0 Å². The zero-order valence-corrected chi connectivity index (χ0v) is 13.8. The Kier molecular flexibility index (Phi) is 3.76. The average molecular weight is 323 g/mol. The molecule has 5 nitrogen and oxygen atoms in total. The Hall–Kier alpha value is -2.69. The molecular weight excluding hydrogens is 302 g/mol. The highest BCUT2D eigenvalue weighted by molar-refractivity contribution is 5.81. The Bertz CT molecular complexity index is 868. The number of fused-ring (bicyclic) bond motifs is 2. The first-order chi connectivity index (χ1) is 11.7. The second kappa shape index (κ2) is 6.07. The Morgan fingerprint density at radius 1 is 1.08 bits per heavy atom. The van der Waals surface area contributed by atoms with Gasteiger partial charge < -0.3 is 19.8 Å². The SMILES string of the molecule is CCCn1c(Cc2ccc(N)cc2)nc2cc3c(cc21)OCCO3. The Labute approximate surface area is 141 Å². The van der Waals surface area contributed by atoms with E-state index in [0.29, 0.717) is 13.2 Å².